The van der Waals surface area contributed by atoms with E-state index in [1.807, 2.05) is 50.4 Å². The van der Waals surface area contributed by atoms with E-state index in [0.717, 1.165) is 16.8 Å². The van der Waals surface area contributed by atoms with Crippen molar-refractivity contribution in [1.82, 2.24) is 14.7 Å². The number of carbonyl (C=O) groups is 1. The van der Waals surface area contributed by atoms with Crippen LogP contribution in [0.2, 0.25) is 5.02 Å². The predicted octanol–water partition coefficient (Wildman–Crippen LogP) is 4.23. The summed E-state index contributed by atoms with van der Waals surface area (Å²) in [6.07, 6.45) is 1.80. The molecule has 140 valence electrons. The lowest BCUT2D eigenvalue weighted by Gasteiger charge is -2.17. The average molecular weight is 384 g/mol. The van der Waals surface area contributed by atoms with Gasteiger partial charge in [-0.15, -0.1) is 0 Å². The molecule has 1 heterocycles. The van der Waals surface area contributed by atoms with Crippen LogP contribution in [0.3, 0.4) is 0 Å². The maximum Gasteiger partial charge on any atom is 0.253 e. The zero-order chi connectivity index (χ0) is 19.4. The molecule has 3 rings (SSSR count). The molecule has 0 N–H and O–H groups in total. The Hall–Kier alpha value is -2.79. The highest BCUT2D eigenvalue weighted by molar-refractivity contribution is 6.30. The van der Waals surface area contributed by atoms with Crippen LogP contribution in [0.4, 0.5) is 0 Å². The Morgan fingerprint density at radius 2 is 2.00 bits per heavy atom. The van der Waals surface area contributed by atoms with Gasteiger partial charge in [-0.3, -0.25) is 9.48 Å². The third-order valence-electron chi connectivity index (χ3n) is 4.47. The Balaban J connectivity index is 1.66. The molecule has 0 spiro atoms. The van der Waals surface area contributed by atoms with Gasteiger partial charge in [-0.2, -0.15) is 5.10 Å². The minimum Gasteiger partial charge on any atom is -0.489 e. The summed E-state index contributed by atoms with van der Waals surface area (Å²) >= 11 is 5.97. The van der Waals surface area contributed by atoms with Crippen molar-refractivity contribution in [2.75, 3.05) is 7.05 Å². The van der Waals surface area contributed by atoms with E-state index in [4.69, 9.17) is 16.3 Å². The Morgan fingerprint density at radius 3 is 2.70 bits per heavy atom. The van der Waals surface area contributed by atoms with E-state index in [9.17, 15) is 4.79 Å². The molecule has 0 aliphatic heterocycles. The third-order valence-corrected chi connectivity index (χ3v) is 4.70. The van der Waals surface area contributed by atoms with Gasteiger partial charge in [0.05, 0.1) is 6.20 Å². The minimum absolute atomic E-state index is 0.0390. The largest absolute Gasteiger partial charge is 0.489 e. The monoisotopic (exact) mass is 383 g/mol. The minimum atomic E-state index is -0.0390. The normalized spacial score (nSPS) is 10.7. The molecule has 3 aromatic rings. The first-order valence-corrected chi connectivity index (χ1v) is 9.02. The zero-order valence-corrected chi connectivity index (χ0v) is 16.4. The van der Waals surface area contributed by atoms with Gasteiger partial charge in [-0.1, -0.05) is 29.8 Å². The number of hydrogen-bond acceptors (Lipinski definition) is 3. The van der Waals surface area contributed by atoms with Crippen molar-refractivity contribution < 1.29 is 9.53 Å². The van der Waals surface area contributed by atoms with Gasteiger partial charge < -0.3 is 9.64 Å². The number of amides is 1. The number of hydrogen-bond donors (Lipinski definition) is 0. The third kappa shape index (κ3) is 4.68. The molecule has 0 aliphatic carbocycles. The topological polar surface area (TPSA) is 47.4 Å². The van der Waals surface area contributed by atoms with Crippen LogP contribution in [0.1, 0.15) is 27.2 Å². The molecule has 5 nitrogen and oxygen atoms in total. The second-order valence-corrected chi connectivity index (χ2v) is 6.92. The van der Waals surface area contributed by atoms with Gasteiger partial charge in [0, 0.05) is 42.5 Å². The number of aryl methyl sites for hydroxylation is 1. The number of carbonyl (C=O) groups excluding carboxylic acids is 1. The molecule has 2 aromatic carbocycles. The van der Waals surface area contributed by atoms with Crippen LogP contribution in [0.5, 0.6) is 5.75 Å². The number of rotatable bonds is 6. The molecule has 27 heavy (non-hydrogen) atoms. The summed E-state index contributed by atoms with van der Waals surface area (Å²) in [6, 6.07) is 14.7. The van der Waals surface area contributed by atoms with Crippen LogP contribution < -0.4 is 4.74 Å². The number of nitrogens with zero attached hydrogens (tertiary/aromatic N) is 3. The summed E-state index contributed by atoms with van der Waals surface area (Å²) in [5.74, 6) is 0.659. The molecular weight excluding hydrogens is 362 g/mol. The van der Waals surface area contributed by atoms with E-state index in [2.05, 4.69) is 5.10 Å². The Bertz CT molecular complexity index is 952. The molecule has 0 saturated heterocycles. The summed E-state index contributed by atoms with van der Waals surface area (Å²) in [6.45, 7) is 2.88. The number of halogens is 1. The molecule has 0 aliphatic rings. The number of benzene rings is 2. The molecule has 0 fully saturated rings. The molecule has 1 amide bonds. The Kier molecular flexibility index (Phi) is 5.81. The molecular formula is C21H22ClN3O2. The van der Waals surface area contributed by atoms with E-state index >= 15 is 0 Å². The molecule has 1 aromatic heterocycles. The van der Waals surface area contributed by atoms with Crippen molar-refractivity contribution in [3.05, 3.63) is 82.1 Å². The predicted molar refractivity (Wildman–Crippen MR) is 106 cm³/mol. The van der Waals surface area contributed by atoms with Gasteiger partial charge in [0.1, 0.15) is 12.4 Å². The zero-order valence-electron chi connectivity index (χ0n) is 15.6. The standard InChI is InChI=1S/C21H22ClN3O2/c1-15-18(12-23-25(15)3)13-24(2)21(26)17-7-4-6-16(10-17)14-27-20-9-5-8-19(22)11-20/h4-12H,13-14H2,1-3H3. The molecule has 0 bridgehead atoms. The van der Waals surface area contributed by atoms with Crippen LogP contribution in [-0.2, 0) is 20.2 Å². The van der Waals surface area contributed by atoms with Crippen molar-refractivity contribution in [2.45, 2.75) is 20.1 Å². The fourth-order valence-electron chi connectivity index (χ4n) is 2.76. The first-order valence-electron chi connectivity index (χ1n) is 8.64. The highest BCUT2D eigenvalue weighted by Gasteiger charge is 2.15. The van der Waals surface area contributed by atoms with E-state index in [-0.39, 0.29) is 5.91 Å². The first kappa shape index (κ1) is 19.0. The number of aromatic nitrogens is 2. The lowest BCUT2D eigenvalue weighted by molar-refractivity contribution is 0.0784. The second-order valence-electron chi connectivity index (χ2n) is 6.49. The van der Waals surface area contributed by atoms with Gasteiger partial charge in [-0.05, 0) is 42.8 Å². The van der Waals surface area contributed by atoms with Crippen LogP contribution >= 0.6 is 11.6 Å². The van der Waals surface area contributed by atoms with Crippen molar-refractivity contribution in [1.29, 1.82) is 0 Å². The molecule has 0 saturated carbocycles. The smallest absolute Gasteiger partial charge is 0.253 e. The maximum absolute atomic E-state index is 12.8. The van der Waals surface area contributed by atoms with Crippen molar-refractivity contribution in [2.24, 2.45) is 7.05 Å². The SMILES string of the molecule is Cc1c(CN(C)C(=O)c2cccc(COc3cccc(Cl)c3)c2)cnn1C. The summed E-state index contributed by atoms with van der Waals surface area (Å²) in [4.78, 5) is 14.5. The van der Waals surface area contributed by atoms with Gasteiger partial charge in [0.25, 0.3) is 5.91 Å². The lowest BCUT2D eigenvalue weighted by atomic mass is 10.1. The quantitative estimate of drug-likeness (QED) is 0.639. The fourth-order valence-corrected chi connectivity index (χ4v) is 2.94. The van der Waals surface area contributed by atoms with E-state index < -0.39 is 0 Å². The van der Waals surface area contributed by atoms with Crippen molar-refractivity contribution in [3.63, 3.8) is 0 Å². The first-order chi connectivity index (χ1) is 12.9. The Morgan fingerprint density at radius 1 is 1.22 bits per heavy atom. The highest BCUT2D eigenvalue weighted by atomic mass is 35.5. The summed E-state index contributed by atoms with van der Waals surface area (Å²) in [5, 5.41) is 4.86. The van der Waals surface area contributed by atoms with Gasteiger partial charge in [0.15, 0.2) is 0 Å². The fraction of sp³-hybridized carbons (Fsp3) is 0.238. The maximum atomic E-state index is 12.8. The van der Waals surface area contributed by atoms with E-state index in [1.54, 1.807) is 35.0 Å². The van der Waals surface area contributed by atoms with Crippen LogP contribution in [-0.4, -0.2) is 27.6 Å². The van der Waals surface area contributed by atoms with E-state index in [0.29, 0.717) is 29.5 Å². The summed E-state index contributed by atoms with van der Waals surface area (Å²) in [7, 11) is 3.69. The molecule has 6 heteroatoms. The van der Waals surface area contributed by atoms with E-state index in [1.165, 1.54) is 0 Å². The lowest BCUT2D eigenvalue weighted by Crippen LogP contribution is -2.26. The summed E-state index contributed by atoms with van der Waals surface area (Å²) in [5.41, 5.74) is 3.64. The second kappa shape index (κ2) is 8.27. The Labute approximate surface area is 164 Å². The van der Waals surface area contributed by atoms with Crippen LogP contribution in [0.25, 0.3) is 0 Å². The van der Waals surface area contributed by atoms with Crippen LogP contribution in [0.15, 0.2) is 54.7 Å². The van der Waals surface area contributed by atoms with Crippen molar-refractivity contribution >= 4 is 17.5 Å². The van der Waals surface area contributed by atoms with Gasteiger partial charge in [-0.25, -0.2) is 0 Å². The molecule has 0 unspecified atom stereocenters. The molecule has 0 radical (unpaired) electrons. The van der Waals surface area contributed by atoms with Gasteiger partial charge >= 0.3 is 0 Å². The molecule has 0 atom stereocenters. The highest BCUT2D eigenvalue weighted by Crippen LogP contribution is 2.19. The van der Waals surface area contributed by atoms with Crippen molar-refractivity contribution in [3.8, 4) is 5.75 Å². The summed E-state index contributed by atoms with van der Waals surface area (Å²) < 4.78 is 7.57. The average Bonchev–Trinajstić information content (AvgIpc) is 2.98. The van der Waals surface area contributed by atoms with Gasteiger partial charge in [0.2, 0.25) is 0 Å². The number of ether oxygens (including phenoxy) is 1. The van der Waals surface area contributed by atoms with Crippen LogP contribution in [0, 0.1) is 6.92 Å².